The highest BCUT2D eigenvalue weighted by Crippen LogP contribution is 1.98. The molecule has 0 saturated heterocycles. The lowest BCUT2D eigenvalue weighted by Crippen LogP contribution is -2.35. The maximum absolute atomic E-state index is 8.93. The van der Waals surface area contributed by atoms with Gasteiger partial charge in [-0.05, 0) is 18.2 Å². The smallest absolute Gasteiger partial charge is 0.422 e. The topological polar surface area (TPSA) is 57.8 Å². The van der Waals surface area contributed by atoms with E-state index in [1.807, 2.05) is 6.07 Å². The molecule has 0 spiro atoms. The second-order valence-corrected chi connectivity index (χ2v) is 2.49. The first-order chi connectivity index (χ1) is 5.79. The van der Waals surface area contributed by atoms with Crippen molar-refractivity contribution in [2.24, 2.45) is 0 Å². The van der Waals surface area contributed by atoms with Crippen LogP contribution in [0.15, 0.2) is 30.5 Å². The number of fused-ring (bicyclic) bond motifs is 1. The van der Waals surface area contributed by atoms with Gasteiger partial charge in [0, 0.05) is 6.20 Å². The van der Waals surface area contributed by atoms with E-state index >= 15 is 0 Å². The third-order valence-corrected chi connectivity index (χ3v) is 1.72. The van der Waals surface area contributed by atoms with E-state index in [-0.39, 0.29) is 0 Å². The van der Waals surface area contributed by atoms with Gasteiger partial charge in [-0.1, -0.05) is 6.07 Å². The van der Waals surface area contributed by atoms with Gasteiger partial charge in [0.25, 0.3) is 0 Å². The summed E-state index contributed by atoms with van der Waals surface area (Å²) in [5.74, 6) is 0. The molecule has 0 aliphatic rings. The van der Waals surface area contributed by atoms with Gasteiger partial charge in [-0.2, -0.15) is 5.10 Å². The Hall–Kier alpha value is -1.33. The highest BCUT2D eigenvalue weighted by molar-refractivity contribution is 6.57. The van der Waals surface area contributed by atoms with E-state index in [2.05, 4.69) is 5.10 Å². The summed E-state index contributed by atoms with van der Waals surface area (Å²) < 4.78 is 1.49. The van der Waals surface area contributed by atoms with Crippen LogP contribution < -0.4 is 5.59 Å². The maximum Gasteiger partial charge on any atom is 0.508 e. The molecule has 60 valence electrons. The molecule has 0 aliphatic carbocycles. The van der Waals surface area contributed by atoms with Crippen LogP contribution in [0.3, 0.4) is 0 Å². The molecule has 5 heteroatoms. The lowest BCUT2D eigenvalue weighted by atomic mass is 9.85. The number of hydrogen-bond acceptors (Lipinski definition) is 3. The van der Waals surface area contributed by atoms with Gasteiger partial charge in [-0.3, -0.25) is 0 Å². The van der Waals surface area contributed by atoms with Crippen LogP contribution in [0.5, 0.6) is 0 Å². The molecule has 12 heavy (non-hydrogen) atoms. The van der Waals surface area contributed by atoms with Gasteiger partial charge in [0.1, 0.15) is 0 Å². The van der Waals surface area contributed by atoms with Crippen LogP contribution in [0.1, 0.15) is 0 Å². The Morgan fingerprint density at radius 2 is 2.08 bits per heavy atom. The monoisotopic (exact) mass is 162 g/mol. The van der Waals surface area contributed by atoms with Crippen molar-refractivity contribution >= 4 is 18.2 Å². The molecule has 0 unspecified atom stereocenters. The van der Waals surface area contributed by atoms with Crippen LogP contribution in [-0.4, -0.2) is 26.8 Å². The largest absolute Gasteiger partial charge is 0.508 e. The van der Waals surface area contributed by atoms with Crippen molar-refractivity contribution in [1.29, 1.82) is 0 Å². The lowest BCUT2D eigenvalue weighted by molar-refractivity contribution is 0.423. The fraction of sp³-hybridized carbons (Fsp3) is 0. The minimum absolute atomic E-state index is 0.373. The Kier molecular flexibility index (Phi) is 1.60. The predicted molar refractivity (Wildman–Crippen MR) is 45.0 cm³/mol. The first kappa shape index (κ1) is 7.33. The SMILES string of the molecule is OB(O)c1cccc2ccnn12. The molecule has 4 nitrogen and oxygen atoms in total. The molecule has 0 atom stereocenters. The second kappa shape index (κ2) is 2.62. The maximum atomic E-state index is 8.93. The summed E-state index contributed by atoms with van der Waals surface area (Å²) >= 11 is 0. The minimum atomic E-state index is -1.48. The van der Waals surface area contributed by atoms with Crippen LogP contribution in [-0.2, 0) is 0 Å². The van der Waals surface area contributed by atoms with Crippen molar-refractivity contribution in [3.8, 4) is 0 Å². The highest BCUT2D eigenvalue weighted by Gasteiger charge is 2.14. The van der Waals surface area contributed by atoms with E-state index in [1.165, 1.54) is 4.52 Å². The second-order valence-electron chi connectivity index (χ2n) is 2.49. The van der Waals surface area contributed by atoms with Crippen LogP contribution >= 0.6 is 0 Å². The van der Waals surface area contributed by atoms with E-state index < -0.39 is 7.12 Å². The lowest BCUT2D eigenvalue weighted by Gasteiger charge is -2.01. The molecule has 0 amide bonds. The Balaban J connectivity index is 2.73. The molecule has 0 bridgehead atoms. The average Bonchev–Trinajstić information content (AvgIpc) is 2.49. The molecule has 0 saturated carbocycles. The molecular weight excluding hydrogens is 155 g/mol. The van der Waals surface area contributed by atoms with Gasteiger partial charge in [0.05, 0.1) is 11.1 Å². The molecular formula is C7H7BN2O2. The number of nitrogens with zero attached hydrogens (tertiary/aromatic N) is 2. The molecule has 2 N–H and O–H groups in total. The Morgan fingerprint density at radius 1 is 1.25 bits per heavy atom. The van der Waals surface area contributed by atoms with Crippen molar-refractivity contribution in [2.75, 3.05) is 0 Å². The van der Waals surface area contributed by atoms with Gasteiger partial charge >= 0.3 is 7.12 Å². The molecule has 0 aliphatic heterocycles. The first-order valence-electron chi connectivity index (χ1n) is 3.58. The molecule has 0 fully saturated rings. The molecule has 0 aromatic carbocycles. The van der Waals surface area contributed by atoms with Crippen LogP contribution in [0.4, 0.5) is 0 Å². The third kappa shape index (κ3) is 0.994. The fourth-order valence-corrected chi connectivity index (χ4v) is 1.17. The van der Waals surface area contributed by atoms with Gasteiger partial charge in [-0.15, -0.1) is 0 Å². The van der Waals surface area contributed by atoms with E-state index in [9.17, 15) is 0 Å². The molecule has 2 aromatic rings. The highest BCUT2D eigenvalue weighted by atomic mass is 16.4. The number of pyridine rings is 1. The normalized spacial score (nSPS) is 10.5. The van der Waals surface area contributed by atoms with Crippen molar-refractivity contribution in [2.45, 2.75) is 0 Å². The summed E-state index contributed by atoms with van der Waals surface area (Å²) in [4.78, 5) is 0. The van der Waals surface area contributed by atoms with E-state index in [0.717, 1.165) is 5.52 Å². The predicted octanol–water partition coefficient (Wildman–Crippen LogP) is -0.986. The quantitative estimate of drug-likeness (QED) is 0.529. The summed E-state index contributed by atoms with van der Waals surface area (Å²) in [5.41, 5.74) is 1.22. The Labute approximate surface area is 69.2 Å². The van der Waals surface area contributed by atoms with E-state index in [4.69, 9.17) is 10.0 Å². The summed E-state index contributed by atoms with van der Waals surface area (Å²) in [6.07, 6.45) is 1.61. The molecule has 2 aromatic heterocycles. The van der Waals surface area contributed by atoms with Gasteiger partial charge in [0.15, 0.2) is 0 Å². The van der Waals surface area contributed by atoms with Crippen molar-refractivity contribution in [3.63, 3.8) is 0 Å². The fourth-order valence-electron chi connectivity index (χ4n) is 1.17. The molecule has 0 radical (unpaired) electrons. The minimum Gasteiger partial charge on any atom is -0.422 e. The van der Waals surface area contributed by atoms with E-state index in [1.54, 1.807) is 24.4 Å². The third-order valence-electron chi connectivity index (χ3n) is 1.72. The van der Waals surface area contributed by atoms with Crippen LogP contribution in [0.2, 0.25) is 0 Å². The number of hydrogen-bond donors (Lipinski definition) is 2. The van der Waals surface area contributed by atoms with Gasteiger partial charge in [-0.25, -0.2) is 4.52 Å². The Bertz CT molecular complexity index is 399. The summed E-state index contributed by atoms with van der Waals surface area (Å²) in [5, 5.41) is 21.8. The summed E-state index contributed by atoms with van der Waals surface area (Å²) in [6, 6.07) is 7.02. The number of rotatable bonds is 1. The summed E-state index contributed by atoms with van der Waals surface area (Å²) in [6.45, 7) is 0. The van der Waals surface area contributed by atoms with Crippen molar-refractivity contribution < 1.29 is 10.0 Å². The van der Waals surface area contributed by atoms with Gasteiger partial charge < -0.3 is 10.0 Å². The summed E-state index contributed by atoms with van der Waals surface area (Å²) in [7, 11) is -1.48. The average molecular weight is 162 g/mol. The molecule has 2 heterocycles. The van der Waals surface area contributed by atoms with Crippen molar-refractivity contribution in [3.05, 3.63) is 30.5 Å². The van der Waals surface area contributed by atoms with Crippen molar-refractivity contribution in [1.82, 2.24) is 9.61 Å². The van der Waals surface area contributed by atoms with Gasteiger partial charge in [0.2, 0.25) is 0 Å². The Morgan fingerprint density at radius 3 is 2.83 bits per heavy atom. The number of aromatic nitrogens is 2. The standard InChI is InChI=1S/C7H7BN2O2/c11-8(12)7-3-1-2-6-4-5-9-10(6)7/h1-5,11-12H. The zero-order valence-corrected chi connectivity index (χ0v) is 6.25. The zero-order chi connectivity index (χ0) is 8.55. The zero-order valence-electron chi connectivity index (χ0n) is 6.25. The van der Waals surface area contributed by atoms with Crippen LogP contribution in [0.25, 0.3) is 5.52 Å². The van der Waals surface area contributed by atoms with E-state index in [0.29, 0.717) is 5.59 Å². The van der Waals surface area contributed by atoms with Crippen LogP contribution in [0, 0.1) is 0 Å². The molecule has 2 rings (SSSR count). The first-order valence-corrected chi connectivity index (χ1v) is 3.58.